The average Bonchev–Trinajstić information content (AvgIpc) is 2.80. The quantitative estimate of drug-likeness (QED) is 0.834. The predicted octanol–water partition coefficient (Wildman–Crippen LogP) is 0.504. The van der Waals surface area contributed by atoms with Crippen molar-refractivity contribution in [3.8, 4) is 17.2 Å². The maximum Gasteiger partial charge on any atom is 0.237 e. The Morgan fingerprint density at radius 2 is 2.08 bits per heavy atom. The number of rotatable bonds is 4. The number of likely N-dealkylation sites (N-methyl/N-ethyl adjacent to an activating group) is 1. The third kappa shape index (κ3) is 3.42. The Labute approximate surface area is 142 Å². The highest BCUT2D eigenvalue weighted by atomic mass is 16.5. The summed E-state index contributed by atoms with van der Waals surface area (Å²) in [6, 6.07) is 3.59. The van der Waals surface area contributed by atoms with Crippen LogP contribution in [0.3, 0.4) is 0 Å². The van der Waals surface area contributed by atoms with E-state index in [9.17, 15) is 4.79 Å². The van der Waals surface area contributed by atoms with Gasteiger partial charge in [-0.2, -0.15) is 0 Å². The molecule has 0 unspecified atom stereocenters. The number of nitrogens with one attached hydrogen (secondary N) is 1. The number of hydrogen-bond acceptors (Lipinski definition) is 6. The van der Waals surface area contributed by atoms with Crippen molar-refractivity contribution in [2.45, 2.75) is 31.5 Å². The van der Waals surface area contributed by atoms with Gasteiger partial charge in [0, 0.05) is 44.2 Å². The molecule has 0 bridgehead atoms. The summed E-state index contributed by atoms with van der Waals surface area (Å²) in [4.78, 5) is 14.2. The second kappa shape index (κ2) is 7.27. The Hall–Kier alpha value is -1.99. The van der Waals surface area contributed by atoms with Gasteiger partial charge in [-0.05, 0) is 12.5 Å². The number of hydrogen-bond donors (Lipinski definition) is 2. The van der Waals surface area contributed by atoms with Gasteiger partial charge in [0.15, 0.2) is 11.5 Å². The third-order valence-electron chi connectivity index (χ3n) is 4.51. The van der Waals surface area contributed by atoms with Crippen molar-refractivity contribution in [1.82, 2.24) is 10.2 Å². The molecule has 7 nitrogen and oxygen atoms in total. The second-order valence-electron chi connectivity index (χ2n) is 6.22. The summed E-state index contributed by atoms with van der Waals surface area (Å²) < 4.78 is 17.0. The van der Waals surface area contributed by atoms with Crippen molar-refractivity contribution in [3.05, 3.63) is 17.7 Å². The number of amides is 1. The number of benzene rings is 1. The Kier molecular flexibility index (Phi) is 5.11. The van der Waals surface area contributed by atoms with Crippen molar-refractivity contribution in [2.75, 3.05) is 33.9 Å². The minimum absolute atomic E-state index is 0.00120. The van der Waals surface area contributed by atoms with Gasteiger partial charge < -0.3 is 25.3 Å². The van der Waals surface area contributed by atoms with Crippen molar-refractivity contribution >= 4 is 5.91 Å². The molecule has 1 aromatic carbocycles. The number of nitrogens with two attached hydrogens (primary N) is 1. The number of carbonyl (C=O) groups is 1. The molecule has 3 N–H and O–H groups in total. The molecule has 1 saturated heterocycles. The van der Waals surface area contributed by atoms with Crippen molar-refractivity contribution < 1.29 is 19.0 Å². The van der Waals surface area contributed by atoms with Crippen LogP contribution in [0.2, 0.25) is 0 Å². The minimum atomic E-state index is -0.217. The normalized spacial score (nSPS) is 23.6. The first-order chi connectivity index (χ1) is 11.6. The van der Waals surface area contributed by atoms with E-state index in [1.807, 2.05) is 12.1 Å². The summed E-state index contributed by atoms with van der Waals surface area (Å²) in [6.45, 7) is 2.52. The van der Waals surface area contributed by atoms with E-state index in [2.05, 4.69) is 10.2 Å². The van der Waals surface area contributed by atoms with Crippen LogP contribution in [0.25, 0.3) is 0 Å². The molecule has 1 fully saturated rings. The molecule has 0 aromatic heterocycles. The molecule has 0 saturated carbocycles. The van der Waals surface area contributed by atoms with Crippen LogP contribution in [-0.2, 0) is 11.3 Å². The van der Waals surface area contributed by atoms with Crippen LogP contribution in [0.5, 0.6) is 17.2 Å². The lowest BCUT2D eigenvalue weighted by molar-refractivity contribution is -0.125. The monoisotopic (exact) mass is 335 g/mol. The molecule has 1 amide bonds. The van der Waals surface area contributed by atoms with Gasteiger partial charge in [0.1, 0.15) is 5.75 Å². The summed E-state index contributed by atoms with van der Waals surface area (Å²) in [5.74, 6) is 2.16. The lowest BCUT2D eigenvalue weighted by Gasteiger charge is -2.24. The molecular weight excluding hydrogens is 310 g/mol. The van der Waals surface area contributed by atoms with Crippen LogP contribution < -0.4 is 25.3 Å². The second-order valence-corrected chi connectivity index (χ2v) is 6.22. The summed E-state index contributed by atoms with van der Waals surface area (Å²) >= 11 is 0. The van der Waals surface area contributed by atoms with E-state index in [0.29, 0.717) is 38.5 Å². The van der Waals surface area contributed by atoms with Gasteiger partial charge in [0.25, 0.3) is 0 Å². The molecule has 24 heavy (non-hydrogen) atoms. The number of ether oxygens (including phenoxy) is 3. The third-order valence-corrected chi connectivity index (χ3v) is 4.51. The molecule has 0 spiro atoms. The highest BCUT2D eigenvalue weighted by molar-refractivity contribution is 5.81. The van der Waals surface area contributed by atoms with Gasteiger partial charge in [-0.25, -0.2) is 0 Å². The standard InChI is InChI=1S/C17H25N3O4/c1-19-17(21)13-7-12(18)10-20(13)9-11-6-15-16(8-14(11)22-2)24-5-3-4-23-15/h6,8,12-13H,3-5,7,9-10,18H2,1-2H3,(H,19,21)/t12-,13-/m0/s1. The fourth-order valence-electron chi connectivity index (χ4n) is 3.32. The number of carbonyl (C=O) groups excluding carboxylic acids is 1. The van der Waals surface area contributed by atoms with E-state index in [0.717, 1.165) is 23.5 Å². The van der Waals surface area contributed by atoms with E-state index in [4.69, 9.17) is 19.9 Å². The smallest absolute Gasteiger partial charge is 0.237 e. The Morgan fingerprint density at radius 1 is 1.38 bits per heavy atom. The topological polar surface area (TPSA) is 86.1 Å². The summed E-state index contributed by atoms with van der Waals surface area (Å²) in [5, 5.41) is 2.72. The zero-order valence-electron chi connectivity index (χ0n) is 14.2. The van der Waals surface area contributed by atoms with Gasteiger partial charge in [-0.1, -0.05) is 0 Å². The molecule has 0 aliphatic carbocycles. The molecule has 1 aromatic rings. The van der Waals surface area contributed by atoms with Gasteiger partial charge in [-0.3, -0.25) is 9.69 Å². The van der Waals surface area contributed by atoms with Crippen molar-refractivity contribution in [1.29, 1.82) is 0 Å². The summed E-state index contributed by atoms with van der Waals surface area (Å²) in [7, 11) is 3.28. The highest BCUT2D eigenvalue weighted by Gasteiger charge is 2.35. The first kappa shape index (κ1) is 16.9. The van der Waals surface area contributed by atoms with Crippen molar-refractivity contribution in [2.24, 2.45) is 5.73 Å². The Balaban J connectivity index is 1.85. The Bertz CT molecular complexity index is 608. The molecule has 132 valence electrons. The van der Waals surface area contributed by atoms with Crippen LogP contribution in [0, 0.1) is 0 Å². The number of fused-ring (bicyclic) bond motifs is 1. The van der Waals surface area contributed by atoms with E-state index in [1.54, 1.807) is 14.2 Å². The zero-order chi connectivity index (χ0) is 17.1. The minimum Gasteiger partial charge on any atom is -0.496 e. The van der Waals surface area contributed by atoms with Gasteiger partial charge >= 0.3 is 0 Å². The fourth-order valence-corrected chi connectivity index (χ4v) is 3.32. The zero-order valence-corrected chi connectivity index (χ0v) is 14.2. The molecule has 2 aliphatic heterocycles. The molecule has 0 radical (unpaired) electrons. The van der Waals surface area contributed by atoms with Crippen LogP contribution in [0.1, 0.15) is 18.4 Å². The van der Waals surface area contributed by atoms with Gasteiger partial charge in [0.05, 0.1) is 26.4 Å². The maximum atomic E-state index is 12.1. The van der Waals surface area contributed by atoms with Crippen LogP contribution in [0.4, 0.5) is 0 Å². The highest BCUT2D eigenvalue weighted by Crippen LogP contribution is 2.37. The van der Waals surface area contributed by atoms with E-state index in [1.165, 1.54) is 0 Å². The van der Waals surface area contributed by atoms with E-state index >= 15 is 0 Å². The van der Waals surface area contributed by atoms with E-state index in [-0.39, 0.29) is 18.0 Å². The molecule has 7 heteroatoms. The SMILES string of the molecule is CNC(=O)[C@@H]1C[C@H](N)CN1Cc1cc2c(cc1OC)OCCCO2. The number of methoxy groups -OCH3 is 1. The van der Waals surface area contributed by atoms with E-state index < -0.39 is 0 Å². The fraction of sp³-hybridized carbons (Fsp3) is 0.588. The molecule has 2 aliphatic rings. The lowest BCUT2D eigenvalue weighted by Crippen LogP contribution is -2.41. The molecule has 2 heterocycles. The largest absolute Gasteiger partial charge is 0.496 e. The molecular formula is C17H25N3O4. The first-order valence-corrected chi connectivity index (χ1v) is 8.30. The van der Waals surface area contributed by atoms with Gasteiger partial charge in [-0.15, -0.1) is 0 Å². The molecule has 3 rings (SSSR count). The first-order valence-electron chi connectivity index (χ1n) is 8.30. The summed E-state index contributed by atoms with van der Waals surface area (Å²) in [6.07, 6.45) is 1.51. The van der Waals surface area contributed by atoms with Gasteiger partial charge in [0.2, 0.25) is 5.91 Å². The maximum absolute atomic E-state index is 12.1. The number of nitrogens with zero attached hydrogens (tertiary/aromatic N) is 1. The van der Waals surface area contributed by atoms with Crippen LogP contribution in [0.15, 0.2) is 12.1 Å². The lowest BCUT2D eigenvalue weighted by atomic mass is 10.1. The average molecular weight is 335 g/mol. The summed E-state index contributed by atoms with van der Waals surface area (Å²) in [5.41, 5.74) is 7.03. The Morgan fingerprint density at radius 3 is 2.75 bits per heavy atom. The number of likely N-dealkylation sites (tertiary alicyclic amines) is 1. The van der Waals surface area contributed by atoms with Crippen LogP contribution >= 0.6 is 0 Å². The van der Waals surface area contributed by atoms with Crippen molar-refractivity contribution in [3.63, 3.8) is 0 Å². The molecule has 2 atom stereocenters. The van der Waals surface area contributed by atoms with Crippen LogP contribution in [-0.4, -0.2) is 56.8 Å². The predicted molar refractivity (Wildman–Crippen MR) is 89.5 cm³/mol.